The predicted octanol–water partition coefficient (Wildman–Crippen LogP) is 2.41. The highest BCUT2D eigenvalue weighted by Gasteiger charge is 2.43. The summed E-state index contributed by atoms with van der Waals surface area (Å²) in [5.41, 5.74) is 0. The van der Waals surface area contributed by atoms with Gasteiger partial charge in [-0.25, -0.2) is 17.6 Å². The van der Waals surface area contributed by atoms with Gasteiger partial charge in [0.1, 0.15) is 13.2 Å². The monoisotopic (exact) mass is 309 g/mol. The molecular weight excluding hydrogens is 303 g/mol. The summed E-state index contributed by atoms with van der Waals surface area (Å²) >= 11 is 0. The second-order valence-corrected chi connectivity index (χ2v) is 3.86. The van der Waals surface area contributed by atoms with E-state index in [1.165, 1.54) is 0 Å². The first-order valence-electron chi connectivity index (χ1n) is 4.04. The Bertz CT molecular complexity index is 227. The van der Waals surface area contributed by atoms with Crippen molar-refractivity contribution in [1.29, 1.82) is 0 Å². The van der Waals surface area contributed by atoms with Gasteiger partial charge < -0.3 is 13.9 Å². The van der Waals surface area contributed by atoms with Crippen LogP contribution in [-0.4, -0.2) is 37.9 Å². The van der Waals surface area contributed by atoms with E-state index in [0.29, 0.717) is 0 Å². The lowest BCUT2D eigenvalue weighted by Gasteiger charge is -2.26. The highest BCUT2D eigenvalue weighted by molar-refractivity contribution is 7.39. The van der Waals surface area contributed by atoms with E-state index in [-0.39, 0.29) is 0 Å². The molecule has 18 heavy (non-hydrogen) atoms. The smallest absolute Gasteiger partial charge is 0.330 e. The molecule has 0 fully saturated rings. The average Bonchev–Trinajstić information content (AvgIpc) is 2.23. The molecule has 0 aliphatic carbocycles. The number of alkyl halides is 8. The van der Waals surface area contributed by atoms with Gasteiger partial charge in [0.15, 0.2) is 0 Å². The average molecular weight is 309 g/mol. The van der Waals surface area contributed by atoms with Crippen molar-refractivity contribution in [3.05, 3.63) is 0 Å². The third-order valence-corrected chi connectivity index (χ3v) is 2.04. The molecule has 0 unspecified atom stereocenters. The van der Waals surface area contributed by atoms with Gasteiger partial charge in [0.2, 0.25) is 0 Å². The van der Waals surface area contributed by atoms with Gasteiger partial charge in [0.25, 0.3) is 0 Å². The fraction of sp³-hybridized carbons (Fsp3) is 1.00. The molecule has 0 saturated carbocycles. The molecule has 0 aliphatic rings. The van der Waals surface area contributed by atoms with Crippen LogP contribution in [0.4, 0.5) is 35.1 Å². The van der Waals surface area contributed by atoms with Crippen molar-refractivity contribution in [2.45, 2.75) is 24.7 Å². The van der Waals surface area contributed by atoms with E-state index in [9.17, 15) is 40.0 Å². The lowest BCUT2D eigenvalue weighted by atomic mass is 10.4. The fourth-order valence-electron chi connectivity index (χ4n) is 0.441. The van der Waals surface area contributed by atoms with Crippen LogP contribution in [0.25, 0.3) is 0 Å². The quantitative estimate of drug-likeness (QED) is 0.511. The molecule has 0 atom stereocenters. The zero-order valence-corrected chi connectivity index (χ0v) is 9.16. The van der Waals surface area contributed by atoms with Crippen LogP contribution in [0.3, 0.4) is 0 Å². The first-order valence-corrected chi connectivity index (χ1v) is 5.13. The maximum absolute atomic E-state index is 12.2. The van der Waals surface area contributed by atoms with Crippen molar-refractivity contribution < 1.29 is 49.1 Å². The summed E-state index contributed by atoms with van der Waals surface area (Å²) < 4.78 is 102. The minimum atomic E-state index is -4.65. The van der Waals surface area contributed by atoms with E-state index in [4.69, 9.17) is 0 Å². The second-order valence-electron chi connectivity index (χ2n) is 2.89. The summed E-state index contributed by atoms with van der Waals surface area (Å²) in [5.74, 6) is -9.31. The highest BCUT2D eigenvalue weighted by atomic mass is 31.2. The van der Waals surface area contributed by atoms with E-state index in [1.807, 2.05) is 0 Å². The van der Waals surface area contributed by atoms with Crippen molar-refractivity contribution >= 4 is 8.60 Å². The molecule has 110 valence electrons. The van der Waals surface area contributed by atoms with Crippen LogP contribution in [0, 0.1) is 0 Å². The van der Waals surface area contributed by atoms with Gasteiger partial charge in [-0.05, 0) is 0 Å². The Morgan fingerprint density at radius 1 is 0.833 bits per heavy atom. The maximum Gasteiger partial charge on any atom is 0.330 e. The van der Waals surface area contributed by atoms with Gasteiger partial charge in [-0.15, -0.1) is 0 Å². The minimum Gasteiger partial charge on any atom is -0.786 e. The number of hydrogen-bond donors (Lipinski definition) is 0. The Kier molecular flexibility index (Phi) is 6.69. The molecule has 0 heterocycles. The zero-order chi connectivity index (χ0) is 14.6. The van der Waals surface area contributed by atoms with Gasteiger partial charge in [0, 0.05) is 0 Å². The van der Waals surface area contributed by atoms with Crippen LogP contribution in [-0.2, 0) is 9.05 Å². The largest absolute Gasteiger partial charge is 0.786 e. The Balaban J connectivity index is 4.03. The van der Waals surface area contributed by atoms with Crippen LogP contribution < -0.4 is 4.89 Å². The summed E-state index contributed by atoms with van der Waals surface area (Å²) in [6, 6.07) is 0. The molecule has 0 amide bonds. The molecule has 0 rings (SSSR count). The molecule has 12 heteroatoms. The van der Waals surface area contributed by atoms with Crippen molar-refractivity contribution in [3.8, 4) is 0 Å². The van der Waals surface area contributed by atoms with E-state index in [0.717, 1.165) is 0 Å². The number of hydrogen-bond acceptors (Lipinski definition) is 3. The topological polar surface area (TPSA) is 41.5 Å². The van der Waals surface area contributed by atoms with E-state index in [1.54, 1.807) is 0 Å². The standard InChI is InChI=1S/C6H6F8O3P/c7-3(8)5(11,12)1-16-18(15)17-2-6(13,14)4(9)10/h3-4H,1-2H2/q-1. The molecule has 0 aliphatic heterocycles. The summed E-state index contributed by atoms with van der Waals surface area (Å²) in [7, 11) is -3.64. The van der Waals surface area contributed by atoms with Gasteiger partial charge in [-0.3, -0.25) is 0 Å². The third kappa shape index (κ3) is 6.07. The minimum absolute atomic E-state index is 2.06. The van der Waals surface area contributed by atoms with Gasteiger partial charge in [-0.1, -0.05) is 0 Å². The van der Waals surface area contributed by atoms with Crippen LogP contribution in [0.1, 0.15) is 0 Å². The zero-order valence-electron chi connectivity index (χ0n) is 8.26. The molecule has 0 aromatic heterocycles. The van der Waals surface area contributed by atoms with Crippen molar-refractivity contribution in [1.82, 2.24) is 0 Å². The molecule has 0 bridgehead atoms. The van der Waals surface area contributed by atoms with Crippen molar-refractivity contribution in [3.63, 3.8) is 0 Å². The predicted molar refractivity (Wildman–Crippen MR) is 40.7 cm³/mol. The van der Waals surface area contributed by atoms with E-state index < -0.39 is 46.5 Å². The van der Waals surface area contributed by atoms with Gasteiger partial charge >= 0.3 is 24.7 Å². The van der Waals surface area contributed by atoms with Crippen molar-refractivity contribution in [2.75, 3.05) is 13.2 Å². The molecule has 3 nitrogen and oxygen atoms in total. The second kappa shape index (κ2) is 6.78. The Morgan fingerprint density at radius 2 is 1.11 bits per heavy atom. The molecule has 0 spiro atoms. The third-order valence-electron chi connectivity index (χ3n) is 1.36. The van der Waals surface area contributed by atoms with Gasteiger partial charge in [-0.2, -0.15) is 17.6 Å². The SMILES string of the molecule is [O-]P(OCC(F)(F)C(F)F)OCC(F)(F)C(F)F. The maximum atomic E-state index is 12.2. The number of rotatable bonds is 8. The van der Waals surface area contributed by atoms with E-state index >= 15 is 0 Å². The summed E-state index contributed by atoms with van der Waals surface area (Å²) in [6.45, 7) is -4.11. The molecule has 0 aromatic carbocycles. The first kappa shape index (κ1) is 17.8. The fourth-order valence-corrected chi connectivity index (χ4v) is 1.07. The van der Waals surface area contributed by atoms with Crippen LogP contribution in [0.5, 0.6) is 0 Å². The Hall–Kier alpha value is -0.250. The van der Waals surface area contributed by atoms with Gasteiger partial charge in [0.05, 0.1) is 8.60 Å². The Labute approximate surface area is 96.7 Å². The van der Waals surface area contributed by atoms with Crippen LogP contribution in [0.2, 0.25) is 0 Å². The lowest BCUT2D eigenvalue weighted by Crippen LogP contribution is -2.34. The molecule has 0 N–H and O–H groups in total. The molecule has 0 aromatic rings. The normalized spacial score (nSPS) is 14.0. The van der Waals surface area contributed by atoms with E-state index in [2.05, 4.69) is 9.05 Å². The van der Waals surface area contributed by atoms with Crippen molar-refractivity contribution in [2.24, 2.45) is 0 Å². The number of halogens is 8. The lowest BCUT2D eigenvalue weighted by molar-refractivity contribution is -0.227. The molecule has 0 saturated heterocycles. The highest BCUT2D eigenvalue weighted by Crippen LogP contribution is 2.35. The van der Waals surface area contributed by atoms with Crippen LogP contribution in [0.15, 0.2) is 0 Å². The van der Waals surface area contributed by atoms with Crippen LogP contribution >= 0.6 is 8.60 Å². The Morgan fingerprint density at radius 3 is 1.33 bits per heavy atom. The summed E-state index contributed by atoms with van der Waals surface area (Å²) in [5, 5.41) is 0. The first-order chi connectivity index (χ1) is 7.99. The summed E-state index contributed by atoms with van der Waals surface area (Å²) in [4.78, 5) is 10.5. The molecular formula is C6H6F8O3P-. The molecule has 0 radical (unpaired) electrons. The summed E-state index contributed by atoms with van der Waals surface area (Å²) in [6.07, 6.45) is -8.24.